The maximum absolute atomic E-state index is 11.2. The number of aromatic hydroxyl groups is 2. The minimum atomic E-state index is -0.475. The summed E-state index contributed by atoms with van der Waals surface area (Å²) in [6.07, 6.45) is 0. The van der Waals surface area contributed by atoms with Crippen LogP contribution in [0.4, 0.5) is 0 Å². The molecule has 19 heavy (non-hydrogen) atoms. The lowest BCUT2D eigenvalue weighted by molar-refractivity contribution is -0.131. The van der Waals surface area contributed by atoms with Crippen LogP contribution < -0.4 is 9.47 Å². The Morgan fingerprint density at radius 2 is 1.79 bits per heavy atom. The van der Waals surface area contributed by atoms with Gasteiger partial charge in [-0.05, 0) is 24.6 Å². The zero-order valence-corrected chi connectivity index (χ0v) is 10.9. The van der Waals surface area contributed by atoms with Crippen molar-refractivity contribution >= 4 is 16.7 Å². The predicted molar refractivity (Wildman–Crippen MR) is 69.9 cm³/mol. The van der Waals surface area contributed by atoms with Crippen molar-refractivity contribution in [3.8, 4) is 23.0 Å². The molecule has 0 aliphatic heterocycles. The van der Waals surface area contributed by atoms with E-state index in [1.165, 1.54) is 26.2 Å². The van der Waals surface area contributed by atoms with Gasteiger partial charge in [-0.15, -0.1) is 0 Å². The number of aryl methyl sites for hydroxylation is 1. The number of phenols is 2. The van der Waals surface area contributed by atoms with Gasteiger partial charge in [-0.25, -0.2) is 0 Å². The molecule has 5 heteroatoms. The van der Waals surface area contributed by atoms with Crippen molar-refractivity contribution in [1.29, 1.82) is 0 Å². The quantitative estimate of drug-likeness (QED) is 0.642. The Hall–Kier alpha value is -2.43. The molecule has 2 aromatic carbocycles. The molecule has 0 unspecified atom stereocenters. The van der Waals surface area contributed by atoms with E-state index in [0.717, 1.165) is 0 Å². The highest BCUT2D eigenvalue weighted by Gasteiger charge is 2.16. The average Bonchev–Trinajstić information content (AvgIpc) is 2.32. The average molecular weight is 262 g/mol. The second-order valence-corrected chi connectivity index (χ2v) is 4.20. The van der Waals surface area contributed by atoms with Gasteiger partial charge in [0.15, 0.2) is 0 Å². The summed E-state index contributed by atoms with van der Waals surface area (Å²) >= 11 is 0. The van der Waals surface area contributed by atoms with E-state index in [1.54, 1.807) is 13.0 Å². The summed E-state index contributed by atoms with van der Waals surface area (Å²) in [5.74, 6) is 0.0131. The van der Waals surface area contributed by atoms with E-state index in [9.17, 15) is 15.0 Å². The SMILES string of the molecule is COc1cc(O)c2c(O)cc(C)c(OC(C)=O)c2c1. The number of ether oxygens (including phenoxy) is 2. The fraction of sp³-hybridized carbons (Fsp3) is 0.214. The van der Waals surface area contributed by atoms with E-state index in [4.69, 9.17) is 9.47 Å². The van der Waals surface area contributed by atoms with Gasteiger partial charge in [0.05, 0.1) is 12.5 Å². The van der Waals surface area contributed by atoms with Gasteiger partial charge in [-0.3, -0.25) is 4.79 Å². The van der Waals surface area contributed by atoms with Crippen molar-refractivity contribution in [1.82, 2.24) is 0 Å². The van der Waals surface area contributed by atoms with Crippen LogP contribution in [0.3, 0.4) is 0 Å². The topological polar surface area (TPSA) is 76.0 Å². The molecule has 0 saturated carbocycles. The van der Waals surface area contributed by atoms with Crippen molar-refractivity contribution < 1.29 is 24.5 Å². The van der Waals surface area contributed by atoms with Gasteiger partial charge in [0.25, 0.3) is 0 Å². The number of rotatable bonds is 2. The number of carbonyl (C=O) groups is 1. The first-order chi connectivity index (χ1) is 8.93. The summed E-state index contributed by atoms with van der Waals surface area (Å²) in [7, 11) is 1.46. The molecule has 0 spiro atoms. The van der Waals surface area contributed by atoms with Gasteiger partial charge >= 0.3 is 5.97 Å². The Kier molecular flexibility index (Phi) is 3.21. The first-order valence-corrected chi connectivity index (χ1v) is 5.65. The number of methoxy groups -OCH3 is 1. The fourth-order valence-electron chi connectivity index (χ4n) is 2.00. The number of hydrogen-bond donors (Lipinski definition) is 2. The largest absolute Gasteiger partial charge is 0.507 e. The van der Waals surface area contributed by atoms with Crippen LogP contribution >= 0.6 is 0 Å². The summed E-state index contributed by atoms with van der Waals surface area (Å²) in [6, 6.07) is 4.42. The van der Waals surface area contributed by atoms with E-state index in [1.807, 2.05) is 0 Å². The molecule has 0 bridgehead atoms. The van der Waals surface area contributed by atoms with Crippen molar-refractivity contribution in [2.24, 2.45) is 0 Å². The zero-order valence-electron chi connectivity index (χ0n) is 10.9. The Balaban J connectivity index is 2.86. The minimum absolute atomic E-state index is 0.0800. The normalized spacial score (nSPS) is 10.5. The molecule has 100 valence electrons. The smallest absolute Gasteiger partial charge is 0.308 e. The fourth-order valence-corrected chi connectivity index (χ4v) is 2.00. The Bertz CT molecular complexity index is 661. The van der Waals surface area contributed by atoms with E-state index < -0.39 is 5.97 Å². The second kappa shape index (κ2) is 4.68. The molecule has 0 aliphatic rings. The molecule has 0 heterocycles. The van der Waals surface area contributed by atoms with Crippen LogP contribution in [0, 0.1) is 6.92 Å². The predicted octanol–water partition coefficient (Wildman–Crippen LogP) is 2.49. The standard InChI is InChI=1S/C14H14O5/c1-7-4-11(16)13-10(14(7)19-8(2)15)5-9(18-3)6-12(13)17/h4-6,16-17H,1-3H3. The van der Waals surface area contributed by atoms with E-state index >= 15 is 0 Å². The van der Waals surface area contributed by atoms with Crippen LogP contribution in [0.5, 0.6) is 23.0 Å². The number of fused-ring (bicyclic) bond motifs is 1. The first kappa shape index (κ1) is 13.0. The van der Waals surface area contributed by atoms with Crippen molar-refractivity contribution in [3.05, 3.63) is 23.8 Å². The summed E-state index contributed by atoms with van der Waals surface area (Å²) in [5.41, 5.74) is 0.591. The lowest BCUT2D eigenvalue weighted by Crippen LogP contribution is -2.03. The lowest BCUT2D eigenvalue weighted by atomic mass is 10.0. The van der Waals surface area contributed by atoms with Crippen LogP contribution in [0.15, 0.2) is 18.2 Å². The summed E-state index contributed by atoms with van der Waals surface area (Å²) in [6.45, 7) is 2.99. The molecule has 2 aromatic rings. The van der Waals surface area contributed by atoms with Gasteiger partial charge < -0.3 is 19.7 Å². The Labute approximate surface area is 110 Å². The third-order valence-corrected chi connectivity index (χ3v) is 2.78. The number of benzene rings is 2. The molecule has 2 rings (SSSR count). The van der Waals surface area contributed by atoms with Crippen LogP contribution in [-0.2, 0) is 4.79 Å². The number of hydrogen-bond acceptors (Lipinski definition) is 5. The second-order valence-electron chi connectivity index (χ2n) is 4.20. The molecular formula is C14H14O5. The molecule has 5 nitrogen and oxygen atoms in total. The van der Waals surface area contributed by atoms with Crippen LogP contribution in [-0.4, -0.2) is 23.3 Å². The highest BCUT2D eigenvalue weighted by Crippen LogP contribution is 2.42. The maximum Gasteiger partial charge on any atom is 0.308 e. The first-order valence-electron chi connectivity index (χ1n) is 5.65. The Morgan fingerprint density at radius 3 is 2.37 bits per heavy atom. The molecule has 0 aromatic heterocycles. The van der Waals surface area contributed by atoms with Crippen molar-refractivity contribution in [3.63, 3.8) is 0 Å². The van der Waals surface area contributed by atoms with Gasteiger partial charge in [0, 0.05) is 18.4 Å². The van der Waals surface area contributed by atoms with Gasteiger partial charge in [0.1, 0.15) is 23.0 Å². The molecule has 2 N–H and O–H groups in total. The molecule has 0 radical (unpaired) electrons. The molecule has 0 aliphatic carbocycles. The summed E-state index contributed by atoms with van der Waals surface area (Å²) in [4.78, 5) is 11.2. The van der Waals surface area contributed by atoms with Crippen LogP contribution in [0.1, 0.15) is 12.5 Å². The summed E-state index contributed by atoms with van der Waals surface area (Å²) in [5, 5.41) is 20.5. The Morgan fingerprint density at radius 1 is 1.16 bits per heavy atom. The lowest BCUT2D eigenvalue weighted by Gasteiger charge is -2.13. The number of phenolic OH excluding ortho intramolecular Hbond substituents is 2. The van der Waals surface area contributed by atoms with Gasteiger partial charge in [0.2, 0.25) is 0 Å². The molecule has 0 fully saturated rings. The van der Waals surface area contributed by atoms with Crippen LogP contribution in [0.25, 0.3) is 10.8 Å². The molecular weight excluding hydrogens is 248 g/mol. The van der Waals surface area contributed by atoms with E-state index in [-0.39, 0.29) is 16.9 Å². The van der Waals surface area contributed by atoms with Gasteiger partial charge in [-0.1, -0.05) is 0 Å². The highest BCUT2D eigenvalue weighted by molar-refractivity contribution is 6.00. The van der Waals surface area contributed by atoms with Crippen LogP contribution in [0.2, 0.25) is 0 Å². The zero-order chi connectivity index (χ0) is 14.2. The van der Waals surface area contributed by atoms with Crippen molar-refractivity contribution in [2.45, 2.75) is 13.8 Å². The monoisotopic (exact) mass is 262 g/mol. The number of esters is 1. The summed E-state index contributed by atoms with van der Waals surface area (Å²) < 4.78 is 10.2. The molecule has 0 atom stereocenters. The van der Waals surface area contributed by atoms with Gasteiger partial charge in [-0.2, -0.15) is 0 Å². The maximum atomic E-state index is 11.2. The third-order valence-electron chi connectivity index (χ3n) is 2.78. The van der Waals surface area contributed by atoms with E-state index in [0.29, 0.717) is 22.4 Å². The number of carbonyl (C=O) groups excluding carboxylic acids is 1. The van der Waals surface area contributed by atoms with E-state index in [2.05, 4.69) is 0 Å². The third kappa shape index (κ3) is 2.27. The minimum Gasteiger partial charge on any atom is -0.507 e. The highest BCUT2D eigenvalue weighted by atomic mass is 16.5. The van der Waals surface area contributed by atoms with Crippen molar-refractivity contribution in [2.75, 3.05) is 7.11 Å². The molecule has 0 saturated heterocycles. The molecule has 0 amide bonds.